The fourth-order valence-electron chi connectivity index (χ4n) is 1.80. The van der Waals surface area contributed by atoms with Crippen molar-refractivity contribution in [3.8, 4) is 0 Å². The van der Waals surface area contributed by atoms with Gasteiger partial charge >= 0.3 is 0 Å². The zero-order chi connectivity index (χ0) is 9.84. The SMILES string of the molecule is CCC(N)C(=O)N1CCCC(C)C1. The number of nitrogens with two attached hydrogens (primary N) is 1. The van der Waals surface area contributed by atoms with E-state index in [4.69, 9.17) is 5.73 Å². The summed E-state index contributed by atoms with van der Waals surface area (Å²) in [6.45, 7) is 5.94. The molecule has 0 saturated carbocycles. The van der Waals surface area contributed by atoms with Crippen LogP contribution in [0.25, 0.3) is 0 Å². The van der Waals surface area contributed by atoms with Crippen molar-refractivity contribution < 1.29 is 4.79 Å². The first-order valence-electron chi connectivity index (χ1n) is 5.19. The van der Waals surface area contributed by atoms with E-state index in [2.05, 4.69) is 6.92 Å². The number of amides is 1. The van der Waals surface area contributed by atoms with Gasteiger partial charge in [0, 0.05) is 13.1 Å². The van der Waals surface area contributed by atoms with Gasteiger partial charge in [-0.2, -0.15) is 0 Å². The maximum atomic E-state index is 11.7. The topological polar surface area (TPSA) is 46.3 Å². The molecule has 1 aliphatic rings. The first kappa shape index (κ1) is 10.5. The second kappa shape index (κ2) is 4.61. The smallest absolute Gasteiger partial charge is 0.239 e. The van der Waals surface area contributed by atoms with E-state index in [9.17, 15) is 4.79 Å². The number of nitrogens with zero attached hydrogens (tertiary/aromatic N) is 1. The normalized spacial score (nSPS) is 25.8. The molecule has 2 atom stereocenters. The highest BCUT2D eigenvalue weighted by Gasteiger charge is 2.23. The van der Waals surface area contributed by atoms with Crippen LogP contribution < -0.4 is 5.73 Å². The van der Waals surface area contributed by atoms with Gasteiger partial charge in [0.15, 0.2) is 0 Å². The summed E-state index contributed by atoms with van der Waals surface area (Å²) in [6, 6.07) is -0.287. The van der Waals surface area contributed by atoms with E-state index >= 15 is 0 Å². The molecule has 1 rings (SSSR count). The average molecular weight is 184 g/mol. The fraction of sp³-hybridized carbons (Fsp3) is 0.900. The molecule has 2 N–H and O–H groups in total. The van der Waals surface area contributed by atoms with Gasteiger partial charge in [0.05, 0.1) is 6.04 Å². The van der Waals surface area contributed by atoms with Crippen LogP contribution >= 0.6 is 0 Å². The number of likely N-dealkylation sites (tertiary alicyclic amines) is 1. The molecule has 3 nitrogen and oxygen atoms in total. The van der Waals surface area contributed by atoms with Gasteiger partial charge in [-0.25, -0.2) is 0 Å². The quantitative estimate of drug-likeness (QED) is 0.695. The zero-order valence-electron chi connectivity index (χ0n) is 8.62. The Morgan fingerprint density at radius 1 is 1.69 bits per heavy atom. The van der Waals surface area contributed by atoms with Crippen molar-refractivity contribution in [3.63, 3.8) is 0 Å². The first-order chi connectivity index (χ1) is 6.15. The summed E-state index contributed by atoms with van der Waals surface area (Å²) in [6.07, 6.45) is 3.11. The van der Waals surface area contributed by atoms with Crippen LogP contribution in [0.3, 0.4) is 0 Å². The van der Waals surface area contributed by atoms with Crippen LogP contribution in [0.2, 0.25) is 0 Å². The van der Waals surface area contributed by atoms with E-state index in [0.29, 0.717) is 5.92 Å². The Balaban J connectivity index is 2.46. The van der Waals surface area contributed by atoms with Crippen LogP contribution in [0.5, 0.6) is 0 Å². The van der Waals surface area contributed by atoms with Crippen LogP contribution in [0.1, 0.15) is 33.1 Å². The Morgan fingerprint density at radius 3 is 2.92 bits per heavy atom. The highest BCUT2D eigenvalue weighted by atomic mass is 16.2. The number of piperidine rings is 1. The highest BCUT2D eigenvalue weighted by Crippen LogP contribution is 2.16. The largest absolute Gasteiger partial charge is 0.341 e. The Bertz CT molecular complexity index is 182. The lowest BCUT2D eigenvalue weighted by Crippen LogP contribution is -2.47. The van der Waals surface area contributed by atoms with Gasteiger partial charge in [0.25, 0.3) is 0 Å². The second-order valence-electron chi connectivity index (χ2n) is 4.05. The molecular formula is C10H20N2O. The molecule has 1 aliphatic heterocycles. The maximum Gasteiger partial charge on any atom is 0.239 e. The zero-order valence-corrected chi connectivity index (χ0v) is 8.62. The van der Waals surface area contributed by atoms with E-state index in [0.717, 1.165) is 25.9 Å². The Hall–Kier alpha value is -0.570. The van der Waals surface area contributed by atoms with E-state index in [1.54, 1.807) is 0 Å². The Labute approximate surface area is 80.3 Å². The minimum atomic E-state index is -0.287. The molecule has 0 bridgehead atoms. The number of hydrogen-bond donors (Lipinski definition) is 1. The number of hydrogen-bond acceptors (Lipinski definition) is 2. The van der Waals surface area contributed by atoms with Crippen molar-refractivity contribution >= 4 is 5.91 Å². The maximum absolute atomic E-state index is 11.7. The molecule has 0 aromatic carbocycles. The van der Waals surface area contributed by atoms with E-state index in [1.165, 1.54) is 6.42 Å². The van der Waals surface area contributed by atoms with Gasteiger partial charge in [0.2, 0.25) is 5.91 Å². The monoisotopic (exact) mass is 184 g/mol. The molecule has 0 aliphatic carbocycles. The molecule has 1 saturated heterocycles. The molecule has 0 aromatic rings. The third kappa shape index (κ3) is 2.69. The lowest BCUT2D eigenvalue weighted by Gasteiger charge is -2.32. The van der Waals surface area contributed by atoms with Crippen molar-refractivity contribution in [2.24, 2.45) is 11.7 Å². The van der Waals surface area contributed by atoms with Gasteiger partial charge in [-0.15, -0.1) is 0 Å². The number of carbonyl (C=O) groups is 1. The van der Waals surface area contributed by atoms with E-state index < -0.39 is 0 Å². The third-order valence-electron chi connectivity index (χ3n) is 2.73. The van der Waals surface area contributed by atoms with Crippen molar-refractivity contribution in [1.29, 1.82) is 0 Å². The molecule has 2 unspecified atom stereocenters. The summed E-state index contributed by atoms with van der Waals surface area (Å²) in [5.41, 5.74) is 5.70. The van der Waals surface area contributed by atoms with Crippen molar-refractivity contribution in [2.75, 3.05) is 13.1 Å². The summed E-state index contributed by atoms with van der Waals surface area (Å²) in [5.74, 6) is 0.774. The molecule has 1 amide bonds. The molecule has 1 heterocycles. The molecule has 0 aromatic heterocycles. The predicted octanol–water partition coefficient (Wildman–Crippen LogP) is 0.982. The van der Waals surface area contributed by atoms with E-state index in [1.807, 2.05) is 11.8 Å². The summed E-state index contributed by atoms with van der Waals surface area (Å²) in [4.78, 5) is 13.6. The van der Waals surface area contributed by atoms with Crippen molar-refractivity contribution in [3.05, 3.63) is 0 Å². The third-order valence-corrected chi connectivity index (χ3v) is 2.73. The van der Waals surface area contributed by atoms with Crippen LogP contribution in [0.15, 0.2) is 0 Å². The summed E-state index contributed by atoms with van der Waals surface area (Å²) in [7, 11) is 0. The average Bonchev–Trinajstić information content (AvgIpc) is 2.15. The minimum absolute atomic E-state index is 0.133. The van der Waals surface area contributed by atoms with Gasteiger partial charge in [-0.3, -0.25) is 4.79 Å². The van der Waals surface area contributed by atoms with Crippen molar-refractivity contribution in [2.45, 2.75) is 39.2 Å². The van der Waals surface area contributed by atoms with Crippen LogP contribution in [0, 0.1) is 5.92 Å². The lowest BCUT2D eigenvalue weighted by molar-refractivity contribution is -0.134. The minimum Gasteiger partial charge on any atom is -0.341 e. The molecular weight excluding hydrogens is 164 g/mol. The van der Waals surface area contributed by atoms with Crippen LogP contribution in [-0.2, 0) is 4.79 Å². The Kier molecular flexibility index (Phi) is 3.72. The fourth-order valence-corrected chi connectivity index (χ4v) is 1.80. The van der Waals surface area contributed by atoms with Crippen molar-refractivity contribution in [1.82, 2.24) is 4.90 Å². The Morgan fingerprint density at radius 2 is 2.38 bits per heavy atom. The van der Waals surface area contributed by atoms with Gasteiger partial charge < -0.3 is 10.6 Å². The summed E-state index contributed by atoms with van der Waals surface area (Å²) >= 11 is 0. The first-order valence-corrected chi connectivity index (χ1v) is 5.19. The summed E-state index contributed by atoms with van der Waals surface area (Å²) < 4.78 is 0. The van der Waals surface area contributed by atoms with Crippen LogP contribution in [-0.4, -0.2) is 29.9 Å². The van der Waals surface area contributed by atoms with Gasteiger partial charge in [-0.1, -0.05) is 13.8 Å². The standard InChI is InChI=1S/C10H20N2O/c1-3-9(11)10(13)12-6-4-5-8(2)7-12/h8-9H,3-7,11H2,1-2H3. The molecule has 0 radical (unpaired) electrons. The number of carbonyl (C=O) groups excluding carboxylic acids is 1. The second-order valence-corrected chi connectivity index (χ2v) is 4.05. The summed E-state index contributed by atoms with van der Waals surface area (Å²) in [5, 5.41) is 0. The molecule has 3 heteroatoms. The predicted molar refractivity (Wildman–Crippen MR) is 53.2 cm³/mol. The molecule has 76 valence electrons. The van der Waals surface area contributed by atoms with E-state index in [-0.39, 0.29) is 11.9 Å². The van der Waals surface area contributed by atoms with Gasteiger partial charge in [0.1, 0.15) is 0 Å². The molecule has 1 fully saturated rings. The molecule has 13 heavy (non-hydrogen) atoms. The highest BCUT2D eigenvalue weighted by molar-refractivity contribution is 5.81. The van der Waals surface area contributed by atoms with Crippen LogP contribution in [0.4, 0.5) is 0 Å². The lowest BCUT2D eigenvalue weighted by atomic mass is 9.99. The molecule has 0 spiro atoms. The number of rotatable bonds is 2. The van der Waals surface area contributed by atoms with Gasteiger partial charge in [-0.05, 0) is 25.2 Å².